The van der Waals surface area contributed by atoms with Crippen molar-refractivity contribution in [3.05, 3.63) is 131 Å². The number of aromatic nitrogens is 4. The number of anilines is 1. The van der Waals surface area contributed by atoms with E-state index in [1.807, 2.05) is 109 Å². The van der Waals surface area contributed by atoms with Crippen LogP contribution in [0.3, 0.4) is 0 Å². The van der Waals surface area contributed by atoms with E-state index in [0.29, 0.717) is 29.6 Å². The topological polar surface area (TPSA) is 123 Å². The van der Waals surface area contributed by atoms with E-state index in [2.05, 4.69) is 26.2 Å². The summed E-state index contributed by atoms with van der Waals surface area (Å²) in [5, 5.41) is 28.2. The van der Waals surface area contributed by atoms with Crippen molar-refractivity contribution in [3.8, 4) is 5.69 Å². The van der Waals surface area contributed by atoms with Gasteiger partial charge >= 0.3 is 6.03 Å². The molecule has 4 aromatic carbocycles. The highest BCUT2D eigenvalue weighted by molar-refractivity contribution is 7.99. The second-order valence-corrected chi connectivity index (χ2v) is 11.3. The molecule has 6 rings (SSSR count). The van der Waals surface area contributed by atoms with E-state index < -0.39 is 6.29 Å². The first kappa shape index (κ1) is 29.5. The van der Waals surface area contributed by atoms with Gasteiger partial charge in [-0.2, -0.15) is 4.68 Å². The number of aliphatic hydroxyl groups excluding tert-OH is 1. The van der Waals surface area contributed by atoms with Crippen LogP contribution in [0.1, 0.15) is 41.1 Å². The summed E-state index contributed by atoms with van der Waals surface area (Å²) in [6.07, 6.45) is -0.374. The fourth-order valence-corrected chi connectivity index (χ4v) is 5.78. The number of aliphatic hydroxyl groups is 1. The highest BCUT2D eigenvalue weighted by Gasteiger charge is 2.32. The third-order valence-corrected chi connectivity index (χ3v) is 8.24. The number of tetrazole rings is 1. The minimum atomic E-state index is -0.622. The summed E-state index contributed by atoms with van der Waals surface area (Å²) < 4.78 is 14.6. The minimum Gasteiger partial charge on any atom is -0.392 e. The van der Waals surface area contributed by atoms with Crippen LogP contribution in [0, 0.1) is 0 Å². The molecule has 0 saturated carbocycles. The maximum absolute atomic E-state index is 12.4. The number of ether oxygens (including phenoxy) is 2. The van der Waals surface area contributed by atoms with Crippen LogP contribution in [0.2, 0.25) is 0 Å². The lowest BCUT2D eigenvalue weighted by molar-refractivity contribution is -0.245. The Bertz CT molecular complexity index is 1630. The lowest BCUT2D eigenvalue weighted by Gasteiger charge is -2.36. The maximum Gasteiger partial charge on any atom is 0.319 e. The molecule has 3 unspecified atom stereocenters. The monoisotopic (exact) mass is 608 g/mol. The highest BCUT2D eigenvalue weighted by atomic mass is 32.2. The molecule has 2 amide bonds. The van der Waals surface area contributed by atoms with E-state index in [4.69, 9.17) is 9.47 Å². The summed E-state index contributed by atoms with van der Waals surface area (Å²) in [6.45, 7) is 0.421. The number of amides is 2. The van der Waals surface area contributed by atoms with Gasteiger partial charge in [-0.25, -0.2) is 4.79 Å². The Morgan fingerprint density at radius 1 is 0.864 bits per heavy atom. The largest absolute Gasteiger partial charge is 0.392 e. The molecule has 10 nitrogen and oxygen atoms in total. The first-order valence-corrected chi connectivity index (χ1v) is 15.3. The number of carbonyl (C=O) groups excluding carboxylic acids is 1. The first-order chi connectivity index (χ1) is 21.6. The number of nitrogens with one attached hydrogen (secondary N) is 2. The number of urea groups is 1. The van der Waals surface area contributed by atoms with Gasteiger partial charge in [-0.15, -0.1) is 5.10 Å². The Morgan fingerprint density at radius 2 is 1.57 bits per heavy atom. The standard InChI is InChI=1S/C33H32N6O4S/c40-21-24-11-13-25(14-12-24)30-19-29(22-44-33-36-37-38-39(33)28-9-5-2-6-10-28)42-31(43-30)26-15-17-27(18-16-26)35-32(41)34-20-23-7-3-1-4-8-23/h1-18,29-31,40H,19-22H2,(H2,34,35,41). The zero-order chi connectivity index (χ0) is 30.1. The molecule has 1 saturated heterocycles. The van der Waals surface area contributed by atoms with Crippen LogP contribution in [0.15, 0.2) is 114 Å². The Labute approximate surface area is 259 Å². The van der Waals surface area contributed by atoms with Gasteiger partial charge in [0.15, 0.2) is 6.29 Å². The molecule has 0 aliphatic carbocycles. The lowest BCUT2D eigenvalue weighted by Crippen LogP contribution is -2.31. The van der Waals surface area contributed by atoms with Crippen LogP contribution >= 0.6 is 11.8 Å². The second-order valence-electron chi connectivity index (χ2n) is 10.3. The Morgan fingerprint density at radius 3 is 2.30 bits per heavy atom. The zero-order valence-electron chi connectivity index (χ0n) is 23.8. The van der Waals surface area contributed by atoms with Crippen molar-refractivity contribution in [3.63, 3.8) is 0 Å². The molecule has 11 heteroatoms. The van der Waals surface area contributed by atoms with Gasteiger partial charge in [0, 0.05) is 30.0 Å². The fourth-order valence-electron chi connectivity index (χ4n) is 4.87. The number of nitrogens with zero attached hydrogens (tertiary/aromatic N) is 4. The van der Waals surface area contributed by atoms with E-state index in [0.717, 1.165) is 27.9 Å². The normalized spacial score (nSPS) is 18.1. The summed E-state index contributed by atoms with van der Waals surface area (Å²) >= 11 is 1.53. The smallest absolute Gasteiger partial charge is 0.319 e. The van der Waals surface area contributed by atoms with E-state index in [-0.39, 0.29) is 24.8 Å². The van der Waals surface area contributed by atoms with Crippen LogP contribution < -0.4 is 10.6 Å². The third kappa shape index (κ3) is 7.50. The Balaban J connectivity index is 1.14. The fraction of sp³-hybridized carbons (Fsp3) is 0.212. The Hall–Kier alpha value is -4.55. The quantitative estimate of drug-likeness (QED) is 0.170. The van der Waals surface area contributed by atoms with Crippen molar-refractivity contribution in [1.82, 2.24) is 25.5 Å². The van der Waals surface area contributed by atoms with Gasteiger partial charge in [0.05, 0.1) is 24.5 Å². The number of benzene rings is 4. The van der Waals surface area contributed by atoms with Crippen LogP contribution in [-0.2, 0) is 22.6 Å². The molecule has 44 heavy (non-hydrogen) atoms. The van der Waals surface area contributed by atoms with E-state index in [9.17, 15) is 9.90 Å². The summed E-state index contributed by atoms with van der Waals surface area (Å²) in [7, 11) is 0. The molecule has 0 radical (unpaired) electrons. The number of para-hydroxylation sites is 1. The molecule has 0 bridgehead atoms. The summed E-state index contributed by atoms with van der Waals surface area (Å²) in [6, 6.07) is 34.5. The van der Waals surface area contributed by atoms with Crippen molar-refractivity contribution < 1.29 is 19.4 Å². The number of hydrogen-bond acceptors (Lipinski definition) is 8. The summed E-state index contributed by atoms with van der Waals surface area (Å²) in [5.74, 6) is 0.611. The molecular formula is C33H32N6O4S. The SMILES string of the molecule is O=C(NCc1ccccc1)Nc1ccc(C2OC(CSc3nnnn3-c3ccccc3)CC(c3ccc(CO)cc3)O2)cc1. The Kier molecular flexibility index (Phi) is 9.58. The third-order valence-electron chi connectivity index (χ3n) is 7.19. The van der Waals surface area contributed by atoms with Gasteiger partial charge in [-0.1, -0.05) is 96.7 Å². The van der Waals surface area contributed by atoms with Gasteiger partial charge in [-0.3, -0.25) is 0 Å². The van der Waals surface area contributed by atoms with Crippen molar-refractivity contribution in [1.29, 1.82) is 0 Å². The maximum atomic E-state index is 12.4. The highest BCUT2D eigenvalue weighted by Crippen LogP contribution is 2.39. The molecule has 5 aromatic rings. The van der Waals surface area contributed by atoms with Gasteiger partial charge in [0.1, 0.15) is 0 Å². The second kappa shape index (κ2) is 14.3. The number of thioether (sulfide) groups is 1. The van der Waals surface area contributed by atoms with E-state index in [1.54, 1.807) is 4.68 Å². The predicted molar refractivity (Wildman–Crippen MR) is 167 cm³/mol. The molecular weight excluding hydrogens is 576 g/mol. The number of hydrogen-bond donors (Lipinski definition) is 3. The molecule has 1 aromatic heterocycles. The number of rotatable bonds is 10. The van der Waals surface area contributed by atoms with E-state index in [1.165, 1.54) is 11.8 Å². The molecule has 0 spiro atoms. The van der Waals surface area contributed by atoms with Crippen LogP contribution in [0.4, 0.5) is 10.5 Å². The van der Waals surface area contributed by atoms with Crippen molar-refractivity contribution in [2.75, 3.05) is 11.1 Å². The van der Waals surface area contributed by atoms with Gasteiger partial charge in [0.25, 0.3) is 0 Å². The molecule has 1 aliphatic rings. The van der Waals surface area contributed by atoms with Gasteiger partial charge in [-0.05, 0) is 51.4 Å². The van der Waals surface area contributed by atoms with Crippen LogP contribution in [0.5, 0.6) is 0 Å². The molecule has 2 heterocycles. The average Bonchev–Trinajstić information content (AvgIpc) is 3.56. The van der Waals surface area contributed by atoms with Crippen molar-refractivity contribution in [2.24, 2.45) is 0 Å². The van der Waals surface area contributed by atoms with Crippen LogP contribution in [0.25, 0.3) is 5.69 Å². The van der Waals surface area contributed by atoms with E-state index >= 15 is 0 Å². The predicted octanol–water partition coefficient (Wildman–Crippen LogP) is 5.81. The zero-order valence-corrected chi connectivity index (χ0v) is 24.6. The van der Waals surface area contributed by atoms with Gasteiger partial charge in [0.2, 0.25) is 5.16 Å². The molecule has 3 N–H and O–H groups in total. The first-order valence-electron chi connectivity index (χ1n) is 14.3. The average molecular weight is 609 g/mol. The van der Waals surface area contributed by atoms with Gasteiger partial charge < -0.3 is 25.2 Å². The summed E-state index contributed by atoms with van der Waals surface area (Å²) in [4.78, 5) is 12.4. The van der Waals surface area contributed by atoms with Crippen LogP contribution in [-0.4, -0.2) is 43.2 Å². The lowest BCUT2D eigenvalue weighted by atomic mass is 10.0. The molecule has 224 valence electrons. The van der Waals surface area contributed by atoms with Crippen molar-refractivity contribution >= 4 is 23.5 Å². The molecule has 1 aliphatic heterocycles. The minimum absolute atomic E-state index is 0.0163. The van der Waals surface area contributed by atoms with Crippen molar-refractivity contribution in [2.45, 2.75) is 43.2 Å². The summed E-state index contributed by atoms with van der Waals surface area (Å²) in [5.41, 5.74) is 5.25. The molecule has 3 atom stereocenters. The molecule has 1 fully saturated rings. The number of carbonyl (C=O) groups is 1.